The topological polar surface area (TPSA) is 47.6 Å². The van der Waals surface area contributed by atoms with Crippen LogP contribution in [0.4, 0.5) is 0 Å². The van der Waals surface area contributed by atoms with Gasteiger partial charge in [-0.3, -0.25) is 4.79 Å². The largest absolute Gasteiger partial charge is 0.465 e. The Balaban J connectivity index is 2.22. The second-order valence-corrected chi connectivity index (χ2v) is 4.13. The number of nitrogens with one attached hydrogen (secondary N) is 1. The maximum atomic E-state index is 11.5. The lowest BCUT2D eigenvalue weighted by Crippen LogP contribution is -2.52. The van der Waals surface area contributed by atoms with Crippen LogP contribution in [0.25, 0.3) is 0 Å². The molecule has 0 aromatic heterocycles. The quantitative estimate of drug-likeness (QED) is 0.672. The van der Waals surface area contributed by atoms with Gasteiger partial charge in [0.25, 0.3) is 0 Å². The van der Waals surface area contributed by atoms with Gasteiger partial charge in [-0.15, -0.1) is 0 Å². The summed E-state index contributed by atoms with van der Waals surface area (Å²) in [5.41, 5.74) is 0. The molecule has 1 unspecified atom stereocenters. The van der Waals surface area contributed by atoms with E-state index in [9.17, 15) is 4.79 Å². The Morgan fingerprint density at radius 1 is 1.31 bits per heavy atom. The minimum absolute atomic E-state index is 0.134. The molecule has 1 aliphatic rings. The van der Waals surface area contributed by atoms with Gasteiger partial charge >= 0.3 is 5.97 Å². The van der Waals surface area contributed by atoms with Crippen LogP contribution in [-0.4, -0.2) is 37.4 Å². The Morgan fingerprint density at radius 2 is 2.00 bits per heavy atom. The van der Waals surface area contributed by atoms with Crippen LogP contribution in [0.15, 0.2) is 0 Å². The van der Waals surface area contributed by atoms with Crippen molar-refractivity contribution >= 4 is 5.97 Å². The van der Waals surface area contributed by atoms with E-state index in [-0.39, 0.29) is 12.0 Å². The van der Waals surface area contributed by atoms with Crippen molar-refractivity contribution in [1.29, 1.82) is 0 Å². The Labute approximate surface area is 97.7 Å². The van der Waals surface area contributed by atoms with E-state index in [0.29, 0.717) is 18.8 Å². The summed E-state index contributed by atoms with van der Waals surface area (Å²) in [6, 6.07) is 0.249. The molecule has 1 N–H and O–H groups in total. The number of esters is 1. The van der Waals surface area contributed by atoms with Gasteiger partial charge in [0.1, 0.15) is 6.04 Å². The van der Waals surface area contributed by atoms with Crippen molar-refractivity contribution in [1.82, 2.24) is 5.32 Å². The second kappa shape index (κ2) is 6.86. The summed E-state index contributed by atoms with van der Waals surface area (Å²) in [4.78, 5) is 11.5. The molecular formula is C12H23NO3. The Bertz CT molecular complexity index is 214. The van der Waals surface area contributed by atoms with Crippen LogP contribution in [0.3, 0.4) is 0 Å². The molecule has 1 aliphatic carbocycles. The lowest BCUT2D eigenvalue weighted by molar-refractivity contribution is -0.146. The zero-order valence-corrected chi connectivity index (χ0v) is 10.5. The van der Waals surface area contributed by atoms with E-state index in [1.807, 2.05) is 20.8 Å². The molecule has 0 bridgehead atoms. The van der Waals surface area contributed by atoms with E-state index < -0.39 is 0 Å². The molecule has 1 fully saturated rings. The van der Waals surface area contributed by atoms with Crippen LogP contribution in [0.1, 0.15) is 40.0 Å². The SMILES string of the molecule is CCOC(=O)C(CC)NC1CC(OCC)C1. The van der Waals surface area contributed by atoms with Gasteiger partial charge in [0, 0.05) is 12.6 Å². The summed E-state index contributed by atoms with van der Waals surface area (Å²) in [6.45, 7) is 7.05. The Kier molecular flexibility index (Phi) is 5.77. The highest BCUT2D eigenvalue weighted by Crippen LogP contribution is 2.24. The van der Waals surface area contributed by atoms with E-state index in [0.717, 1.165) is 25.9 Å². The monoisotopic (exact) mass is 229 g/mol. The van der Waals surface area contributed by atoms with Crippen molar-refractivity contribution in [3.8, 4) is 0 Å². The van der Waals surface area contributed by atoms with Crippen molar-refractivity contribution in [2.75, 3.05) is 13.2 Å². The standard InChI is InChI=1S/C12H23NO3/c1-4-11(12(14)16-6-3)13-9-7-10(8-9)15-5-2/h9-11,13H,4-8H2,1-3H3. The molecule has 1 saturated carbocycles. The Hall–Kier alpha value is -0.610. The zero-order chi connectivity index (χ0) is 12.0. The molecule has 0 radical (unpaired) electrons. The lowest BCUT2D eigenvalue weighted by atomic mass is 9.88. The van der Waals surface area contributed by atoms with Gasteiger partial charge in [-0.05, 0) is 33.1 Å². The fourth-order valence-corrected chi connectivity index (χ4v) is 1.95. The summed E-state index contributed by atoms with van der Waals surface area (Å²) in [7, 11) is 0. The molecule has 0 spiro atoms. The number of hydrogen-bond donors (Lipinski definition) is 1. The highest BCUT2D eigenvalue weighted by molar-refractivity contribution is 5.75. The normalized spacial score (nSPS) is 25.9. The minimum Gasteiger partial charge on any atom is -0.465 e. The van der Waals surface area contributed by atoms with Crippen LogP contribution in [0.2, 0.25) is 0 Å². The van der Waals surface area contributed by atoms with Crippen LogP contribution < -0.4 is 5.32 Å². The molecule has 16 heavy (non-hydrogen) atoms. The molecule has 1 atom stereocenters. The highest BCUT2D eigenvalue weighted by Gasteiger charge is 2.32. The fraction of sp³-hybridized carbons (Fsp3) is 0.917. The third kappa shape index (κ3) is 3.76. The first-order valence-electron chi connectivity index (χ1n) is 6.25. The summed E-state index contributed by atoms with van der Waals surface area (Å²) in [6.07, 6.45) is 3.16. The van der Waals surface area contributed by atoms with Crippen molar-refractivity contribution in [2.45, 2.75) is 58.2 Å². The van der Waals surface area contributed by atoms with Crippen LogP contribution in [-0.2, 0) is 14.3 Å². The molecule has 0 amide bonds. The van der Waals surface area contributed by atoms with E-state index in [1.54, 1.807) is 0 Å². The van der Waals surface area contributed by atoms with Gasteiger partial charge in [0.2, 0.25) is 0 Å². The number of carbonyl (C=O) groups excluding carboxylic acids is 1. The van der Waals surface area contributed by atoms with Crippen molar-refractivity contribution < 1.29 is 14.3 Å². The molecule has 4 heteroatoms. The van der Waals surface area contributed by atoms with E-state index in [2.05, 4.69) is 5.32 Å². The molecule has 0 aromatic rings. The smallest absolute Gasteiger partial charge is 0.323 e. The number of carbonyl (C=O) groups is 1. The van der Waals surface area contributed by atoms with Gasteiger partial charge in [0.05, 0.1) is 12.7 Å². The van der Waals surface area contributed by atoms with E-state index in [1.165, 1.54) is 0 Å². The molecule has 1 rings (SSSR count). The number of hydrogen-bond acceptors (Lipinski definition) is 4. The third-order valence-corrected chi connectivity index (χ3v) is 2.91. The zero-order valence-electron chi connectivity index (χ0n) is 10.5. The average molecular weight is 229 g/mol. The predicted molar refractivity (Wildman–Crippen MR) is 62.3 cm³/mol. The molecule has 0 heterocycles. The molecule has 0 aromatic carbocycles. The Morgan fingerprint density at radius 3 is 2.50 bits per heavy atom. The molecule has 4 nitrogen and oxygen atoms in total. The van der Waals surface area contributed by atoms with Crippen molar-refractivity contribution in [3.05, 3.63) is 0 Å². The minimum atomic E-state index is -0.160. The van der Waals surface area contributed by atoms with Gasteiger partial charge in [-0.2, -0.15) is 0 Å². The third-order valence-electron chi connectivity index (χ3n) is 2.91. The number of ether oxygens (including phenoxy) is 2. The molecule has 94 valence electrons. The first-order chi connectivity index (χ1) is 7.71. The lowest BCUT2D eigenvalue weighted by Gasteiger charge is -2.37. The predicted octanol–water partition coefficient (Wildman–Crippen LogP) is 1.49. The van der Waals surface area contributed by atoms with Gasteiger partial charge in [-0.25, -0.2) is 0 Å². The maximum absolute atomic E-state index is 11.5. The van der Waals surface area contributed by atoms with E-state index in [4.69, 9.17) is 9.47 Å². The first-order valence-corrected chi connectivity index (χ1v) is 6.25. The van der Waals surface area contributed by atoms with Crippen molar-refractivity contribution in [3.63, 3.8) is 0 Å². The second-order valence-electron chi connectivity index (χ2n) is 4.13. The van der Waals surface area contributed by atoms with Crippen LogP contribution in [0, 0.1) is 0 Å². The van der Waals surface area contributed by atoms with Crippen molar-refractivity contribution in [2.24, 2.45) is 0 Å². The molecule has 0 aliphatic heterocycles. The summed E-state index contributed by atoms with van der Waals surface area (Å²) in [5.74, 6) is -0.134. The highest BCUT2D eigenvalue weighted by atomic mass is 16.5. The molecule has 0 saturated heterocycles. The van der Waals surface area contributed by atoms with Gasteiger partial charge < -0.3 is 14.8 Å². The summed E-state index contributed by atoms with van der Waals surface area (Å²) >= 11 is 0. The fourth-order valence-electron chi connectivity index (χ4n) is 1.95. The van der Waals surface area contributed by atoms with Crippen LogP contribution >= 0.6 is 0 Å². The van der Waals surface area contributed by atoms with Gasteiger partial charge in [0.15, 0.2) is 0 Å². The van der Waals surface area contributed by atoms with E-state index >= 15 is 0 Å². The number of rotatable bonds is 7. The van der Waals surface area contributed by atoms with Crippen LogP contribution in [0.5, 0.6) is 0 Å². The average Bonchev–Trinajstić information content (AvgIpc) is 2.21. The summed E-state index contributed by atoms with van der Waals surface area (Å²) < 4.78 is 10.5. The first kappa shape index (κ1) is 13.5. The van der Waals surface area contributed by atoms with Gasteiger partial charge in [-0.1, -0.05) is 6.92 Å². The molecular weight excluding hydrogens is 206 g/mol. The maximum Gasteiger partial charge on any atom is 0.323 e. The summed E-state index contributed by atoms with van der Waals surface area (Å²) in [5, 5.41) is 3.32.